The highest BCUT2D eigenvalue weighted by molar-refractivity contribution is 5.95. The van der Waals surface area contributed by atoms with E-state index >= 15 is 0 Å². The van der Waals surface area contributed by atoms with Crippen LogP contribution in [0.25, 0.3) is 0 Å². The second kappa shape index (κ2) is 6.82. The standard InChI is InChI=1S/C18H21N3O2/c19-12-13-7-9-16(10-8-13)21(15-4-2-5-15)18(23)11-14-3-1-6-17(22)20-14/h7-10,14-15H,1-6,11H2,(H,20,22). The molecule has 1 aliphatic heterocycles. The van der Waals surface area contributed by atoms with E-state index in [0.29, 0.717) is 18.4 Å². The summed E-state index contributed by atoms with van der Waals surface area (Å²) in [4.78, 5) is 26.2. The van der Waals surface area contributed by atoms with E-state index in [0.717, 1.165) is 37.8 Å². The van der Waals surface area contributed by atoms with Crippen LogP contribution in [0.3, 0.4) is 0 Å². The van der Waals surface area contributed by atoms with Crippen molar-refractivity contribution in [1.82, 2.24) is 5.32 Å². The molecule has 3 rings (SSSR count). The molecule has 120 valence electrons. The molecule has 1 N–H and O–H groups in total. The van der Waals surface area contributed by atoms with Crippen LogP contribution in [0.15, 0.2) is 24.3 Å². The lowest BCUT2D eigenvalue weighted by Gasteiger charge is -2.38. The fourth-order valence-corrected chi connectivity index (χ4v) is 3.24. The minimum atomic E-state index is -0.0512. The molecule has 1 heterocycles. The summed E-state index contributed by atoms with van der Waals surface area (Å²) < 4.78 is 0. The highest BCUT2D eigenvalue weighted by atomic mass is 16.2. The van der Waals surface area contributed by atoms with Gasteiger partial charge in [0.1, 0.15) is 0 Å². The Hall–Kier alpha value is -2.35. The highest BCUT2D eigenvalue weighted by Gasteiger charge is 2.32. The molecule has 0 spiro atoms. The van der Waals surface area contributed by atoms with E-state index in [4.69, 9.17) is 5.26 Å². The summed E-state index contributed by atoms with van der Waals surface area (Å²) in [6, 6.07) is 9.47. The molecule has 0 radical (unpaired) electrons. The third-order valence-electron chi connectivity index (χ3n) is 4.73. The van der Waals surface area contributed by atoms with Crippen LogP contribution in [0.5, 0.6) is 0 Å². The third-order valence-corrected chi connectivity index (χ3v) is 4.73. The molecule has 1 saturated carbocycles. The zero-order valence-corrected chi connectivity index (χ0v) is 13.1. The monoisotopic (exact) mass is 311 g/mol. The van der Waals surface area contributed by atoms with Gasteiger partial charge in [0.15, 0.2) is 0 Å². The molecule has 1 aromatic carbocycles. The lowest BCUT2D eigenvalue weighted by atomic mass is 9.90. The van der Waals surface area contributed by atoms with Gasteiger partial charge in [-0.05, 0) is 56.4 Å². The summed E-state index contributed by atoms with van der Waals surface area (Å²) >= 11 is 0. The van der Waals surface area contributed by atoms with Crippen LogP contribution < -0.4 is 10.2 Å². The van der Waals surface area contributed by atoms with Crippen LogP contribution in [-0.2, 0) is 9.59 Å². The number of amides is 2. The first-order valence-corrected chi connectivity index (χ1v) is 8.29. The Labute approximate surface area is 136 Å². The third kappa shape index (κ3) is 3.53. The number of piperidine rings is 1. The average Bonchev–Trinajstić information content (AvgIpc) is 2.51. The predicted molar refractivity (Wildman–Crippen MR) is 86.7 cm³/mol. The van der Waals surface area contributed by atoms with Crippen LogP contribution in [0.1, 0.15) is 50.5 Å². The average molecular weight is 311 g/mol. The minimum absolute atomic E-state index is 0.0441. The maximum atomic E-state index is 12.8. The number of hydrogen-bond donors (Lipinski definition) is 1. The van der Waals surface area contributed by atoms with Gasteiger partial charge in [0, 0.05) is 30.6 Å². The summed E-state index contributed by atoms with van der Waals surface area (Å²) in [5.74, 6) is 0.106. The van der Waals surface area contributed by atoms with Gasteiger partial charge in [-0.1, -0.05) is 0 Å². The Morgan fingerprint density at radius 2 is 1.96 bits per heavy atom. The second-order valence-electron chi connectivity index (χ2n) is 6.37. The van der Waals surface area contributed by atoms with Crippen LogP contribution in [0.2, 0.25) is 0 Å². The van der Waals surface area contributed by atoms with E-state index in [9.17, 15) is 9.59 Å². The Kier molecular flexibility index (Phi) is 4.61. The van der Waals surface area contributed by atoms with Gasteiger partial charge < -0.3 is 10.2 Å². The van der Waals surface area contributed by atoms with Crippen molar-refractivity contribution < 1.29 is 9.59 Å². The van der Waals surface area contributed by atoms with Crippen molar-refractivity contribution in [1.29, 1.82) is 5.26 Å². The van der Waals surface area contributed by atoms with Gasteiger partial charge in [-0.3, -0.25) is 9.59 Å². The quantitative estimate of drug-likeness (QED) is 0.928. The number of nitriles is 1. The molecule has 23 heavy (non-hydrogen) atoms. The molecule has 2 fully saturated rings. The largest absolute Gasteiger partial charge is 0.353 e. The number of benzene rings is 1. The summed E-state index contributed by atoms with van der Waals surface area (Å²) in [6.07, 6.45) is 5.80. The molecule has 0 bridgehead atoms. The minimum Gasteiger partial charge on any atom is -0.353 e. The number of hydrogen-bond acceptors (Lipinski definition) is 3. The summed E-state index contributed by atoms with van der Waals surface area (Å²) in [7, 11) is 0. The molecule has 5 heteroatoms. The van der Waals surface area contributed by atoms with Crippen LogP contribution in [0.4, 0.5) is 5.69 Å². The molecule has 0 aromatic heterocycles. The maximum Gasteiger partial charge on any atom is 0.229 e. The highest BCUT2D eigenvalue weighted by Crippen LogP contribution is 2.31. The van der Waals surface area contributed by atoms with Crippen molar-refractivity contribution in [2.45, 2.75) is 57.0 Å². The molecule has 1 aliphatic carbocycles. The number of rotatable bonds is 4. The van der Waals surface area contributed by atoms with Crippen molar-refractivity contribution in [3.05, 3.63) is 29.8 Å². The predicted octanol–water partition coefficient (Wildman–Crippen LogP) is 2.50. The van der Waals surface area contributed by atoms with Gasteiger partial charge in [0.2, 0.25) is 11.8 Å². The molecule has 2 aliphatic rings. The number of carbonyl (C=O) groups is 2. The van der Waals surface area contributed by atoms with E-state index < -0.39 is 0 Å². The zero-order valence-electron chi connectivity index (χ0n) is 13.1. The van der Waals surface area contributed by atoms with Gasteiger partial charge in [-0.2, -0.15) is 5.26 Å². The topological polar surface area (TPSA) is 73.2 Å². The van der Waals surface area contributed by atoms with Crippen LogP contribution in [0, 0.1) is 11.3 Å². The maximum absolute atomic E-state index is 12.8. The van der Waals surface area contributed by atoms with E-state index in [1.807, 2.05) is 17.0 Å². The van der Waals surface area contributed by atoms with Crippen LogP contribution >= 0.6 is 0 Å². The smallest absolute Gasteiger partial charge is 0.229 e. The number of anilines is 1. The van der Waals surface area contributed by atoms with Gasteiger partial charge in [0.05, 0.1) is 11.6 Å². The summed E-state index contributed by atoms with van der Waals surface area (Å²) in [5.41, 5.74) is 1.44. The Morgan fingerprint density at radius 3 is 2.52 bits per heavy atom. The summed E-state index contributed by atoms with van der Waals surface area (Å²) in [6.45, 7) is 0. The van der Waals surface area contributed by atoms with E-state index in [-0.39, 0.29) is 23.9 Å². The molecule has 5 nitrogen and oxygen atoms in total. The lowest BCUT2D eigenvalue weighted by Crippen LogP contribution is -2.48. The molecule has 2 amide bonds. The molecule has 1 atom stereocenters. The number of carbonyl (C=O) groups excluding carboxylic acids is 2. The Balaban J connectivity index is 1.74. The van der Waals surface area contributed by atoms with E-state index in [1.54, 1.807) is 12.1 Å². The number of nitrogens with one attached hydrogen (secondary N) is 1. The fourth-order valence-electron chi connectivity index (χ4n) is 3.24. The fraction of sp³-hybridized carbons (Fsp3) is 0.500. The van der Waals surface area contributed by atoms with Crippen molar-refractivity contribution >= 4 is 17.5 Å². The summed E-state index contributed by atoms with van der Waals surface area (Å²) in [5, 5.41) is 11.8. The van der Waals surface area contributed by atoms with E-state index in [1.165, 1.54) is 0 Å². The SMILES string of the molecule is N#Cc1ccc(N(C(=O)CC2CCCC(=O)N2)C2CCC2)cc1. The Morgan fingerprint density at radius 1 is 1.22 bits per heavy atom. The lowest BCUT2D eigenvalue weighted by molar-refractivity contribution is -0.124. The van der Waals surface area contributed by atoms with Gasteiger partial charge in [0.25, 0.3) is 0 Å². The first kappa shape index (κ1) is 15.5. The van der Waals surface area contributed by atoms with Gasteiger partial charge in [-0.15, -0.1) is 0 Å². The van der Waals surface area contributed by atoms with Crippen molar-refractivity contribution in [3.8, 4) is 6.07 Å². The molecule has 1 unspecified atom stereocenters. The molecular weight excluding hydrogens is 290 g/mol. The molecule has 1 aromatic rings. The van der Waals surface area contributed by atoms with Crippen molar-refractivity contribution in [2.75, 3.05) is 4.90 Å². The first-order chi connectivity index (χ1) is 11.2. The molecular formula is C18H21N3O2. The Bertz CT molecular complexity index is 629. The zero-order chi connectivity index (χ0) is 16.2. The van der Waals surface area contributed by atoms with Crippen LogP contribution in [-0.4, -0.2) is 23.9 Å². The van der Waals surface area contributed by atoms with Gasteiger partial charge >= 0.3 is 0 Å². The van der Waals surface area contributed by atoms with Gasteiger partial charge in [-0.25, -0.2) is 0 Å². The molecule has 1 saturated heterocycles. The van der Waals surface area contributed by atoms with Crippen molar-refractivity contribution in [3.63, 3.8) is 0 Å². The van der Waals surface area contributed by atoms with Crippen molar-refractivity contribution in [2.24, 2.45) is 0 Å². The first-order valence-electron chi connectivity index (χ1n) is 8.29. The normalized spacial score (nSPS) is 21.0. The second-order valence-corrected chi connectivity index (χ2v) is 6.37. The van der Waals surface area contributed by atoms with E-state index in [2.05, 4.69) is 11.4 Å². The number of nitrogens with zero attached hydrogens (tertiary/aromatic N) is 2.